The highest BCUT2D eigenvalue weighted by molar-refractivity contribution is 7.91. The predicted molar refractivity (Wildman–Crippen MR) is 64.0 cm³/mol. The molecule has 17 heavy (non-hydrogen) atoms. The van der Waals surface area contributed by atoms with Crippen LogP contribution in [0.4, 0.5) is 0 Å². The summed E-state index contributed by atoms with van der Waals surface area (Å²) in [6.45, 7) is 6.18. The molecule has 0 radical (unpaired) electrons. The molecule has 0 aliphatic heterocycles. The summed E-state index contributed by atoms with van der Waals surface area (Å²) in [6.07, 6.45) is 0. The second-order valence-electron chi connectivity index (χ2n) is 3.61. The Morgan fingerprint density at radius 3 is 2.29 bits per heavy atom. The second-order valence-corrected chi connectivity index (χ2v) is 5.84. The lowest BCUT2D eigenvalue weighted by Crippen LogP contribution is -2.24. The van der Waals surface area contributed by atoms with Crippen molar-refractivity contribution in [2.45, 2.75) is 24.2 Å². The zero-order valence-electron chi connectivity index (χ0n) is 9.71. The minimum Gasteiger partial charge on any atom is -0.443 e. The number of rotatable bonds is 4. The molecule has 0 aliphatic carbocycles. The van der Waals surface area contributed by atoms with Crippen LogP contribution >= 0.6 is 0 Å². The first kappa shape index (κ1) is 13.4. The van der Waals surface area contributed by atoms with E-state index in [0.29, 0.717) is 0 Å². The van der Waals surface area contributed by atoms with Crippen LogP contribution in [0, 0.1) is 0 Å². The maximum Gasteiger partial charge on any atom is 0.334 e. The smallest absolute Gasteiger partial charge is 0.334 e. The van der Waals surface area contributed by atoms with E-state index in [2.05, 4.69) is 6.58 Å². The molecule has 1 unspecified atom stereocenters. The van der Waals surface area contributed by atoms with Gasteiger partial charge in [-0.25, -0.2) is 13.2 Å². The number of esters is 1. The molecule has 0 spiro atoms. The highest BCUT2D eigenvalue weighted by Crippen LogP contribution is 2.17. The van der Waals surface area contributed by atoms with Gasteiger partial charge in [-0.15, -0.1) is 0 Å². The highest BCUT2D eigenvalue weighted by atomic mass is 32.2. The Balaban J connectivity index is 2.93. The highest BCUT2D eigenvalue weighted by Gasteiger charge is 2.26. The van der Waals surface area contributed by atoms with Crippen molar-refractivity contribution in [1.29, 1.82) is 0 Å². The van der Waals surface area contributed by atoms with Gasteiger partial charge < -0.3 is 4.74 Å². The average molecular weight is 254 g/mol. The molecule has 1 aromatic rings. The SMILES string of the molecule is C=C(C)C(=O)OC(C)S(=O)(=O)c1ccccc1. The largest absolute Gasteiger partial charge is 0.443 e. The van der Waals surface area contributed by atoms with Crippen LogP contribution in [-0.4, -0.2) is 19.8 Å². The quantitative estimate of drug-likeness (QED) is 0.608. The summed E-state index contributed by atoms with van der Waals surface area (Å²) in [5.74, 6) is -0.711. The Labute approximate surface area is 101 Å². The van der Waals surface area contributed by atoms with Gasteiger partial charge in [0.25, 0.3) is 0 Å². The summed E-state index contributed by atoms with van der Waals surface area (Å²) in [5, 5.41) is 0. The molecular formula is C12H14O4S. The second kappa shape index (κ2) is 5.14. The number of hydrogen-bond donors (Lipinski definition) is 0. The third kappa shape index (κ3) is 3.17. The standard InChI is InChI=1S/C12H14O4S/c1-9(2)12(13)16-10(3)17(14,15)11-7-5-4-6-8-11/h4-8,10H,1H2,2-3H3. The summed E-state index contributed by atoms with van der Waals surface area (Å²) in [5.41, 5.74) is -1.06. The molecule has 0 saturated heterocycles. The van der Waals surface area contributed by atoms with E-state index in [4.69, 9.17) is 4.74 Å². The number of carbonyl (C=O) groups is 1. The molecule has 0 saturated carbocycles. The van der Waals surface area contributed by atoms with Crippen molar-refractivity contribution < 1.29 is 17.9 Å². The van der Waals surface area contributed by atoms with Crippen LogP contribution in [0.2, 0.25) is 0 Å². The maximum absolute atomic E-state index is 12.0. The van der Waals surface area contributed by atoms with Gasteiger partial charge in [0.2, 0.25) is 15.3 Å². The normalized spacial score (nSPS) is 12.8. The Kier molecular flexibility index (Phi) is 4.07. The van der Waals surface area contributed by atoms with Crippen molar-refractivity contribution in [2.24, 2.45) is 0 Å². The Bertz CT molecular complexity index is 517. The summed E-state index contributed by atoms with van der Waals surface area (Å²) in [4.78, 5) is 11.4. The zero-order chi connectivity index (χ0) is 13.1. The van der Waals surface area contributed by atoms with E-state index >= 15 is 0 Å². The minimum absolute atomic E-state index is 0.127. The Morgan fingerprint density at radius 1 is 1.29 bits per heavy atom. The van der Waals surface area contributed by atoms with Crippen molar-refractivity contribution >= 4 is 15.8 Å². The lowest BCUT2D eigenvalue weighted by Gasteiger charge is -2.14. The number of sulfone groups is 1. The summed E-state index contributed by atoms with van der Waals surface area (Å²) < 4.78 is 28.8. The Hall–Kier alpha value is -1.62. The molecule has 0 N–H and O–H groups in total. The average Bonchev–Trinajstić information content (AvgIpc) is 2.29. The third-order valence-corrected chi connectivity index (χ3v) is 4.03. The molecule has 0 bridgehead atoms. The van der Waals surface area contributed by atoms with Crippen molar-refractivity contribution in [3.63, 3.8) is 0 Å². The van der Waals surface area contributed by atoms with E-state index in [1.165, 1.54) is 26.0 Å². The number of hydrogen-bond acceptors (Lipinski definition) is 4. The van der Waals surface area contributed by atoms with Crippen molar-refractivity contribution in [3.8, 4) is 0 Å². The first-order valence-electron chi connectivity index (χ1n) is 5.01. The van der Waals surface area contributed by atoms with E-state index in [1.807, 2.05) is 0 Å². The number of carbonyl (C=O) groups excluding carboxylic acids is 1. The van der Waals surface area contributed by atoms with Gasteiger partial charge in [-0.1, -0.05) is 24.8 Å². The maximum atomic E-state index is 12.0. The molecule has 0 amide bonds. The van der Waals surface area contributed by atoms with Crippen LogP contribution in [0.25, 0.3) is 0 Å². The number of ether oxygens (including phenoxy) is 1. The fourth-order valence-electron chi connectivity index (χ4n) is 1.12. The molecule has 1 atom stereocenters. The number of benzene rings is 1. The van der Waals surface area contributed by atoms with Gasteiger partial charge in [0.1, 0.15) is 0 Å². The summed E-state index contributed by atoms with van der Waals surface area (Å²) in [7, 11) is -3.65. The van der Waals surface area contributed by atoms with E-state index in [-0.39, 0.29) is 10.5 Å². The van der Waals surface area contributed by atoms with E-state index in [9.17, 15) is 13.2 Å². The van der Waals surface area contributed by atoms with E-state index in [0.717, 1.165) is 0 Å². The predicted octanol–water partition coefficient (Wildman–Crippen LogP) is 1.93. The Morgan fingerprint density at radius 2 is 1.82 bits per heavy atom. The van der Waals surface area contributed by atoms with Gasteiger partial charge in [0, 0.05) is 5.57 Å². The van der Waals surface area contributed by atoms with Gasteiger partial charge in [0.15, 0.2) is 0 Å². The summed E-state index contributed by atoms with van der Waals surface area (Å²) in [6, 6.07) is 7.85. The van der Waals surface area contributed by atoms with Crippen LogP contribution in [0.15, 0.2) is 47.4 Å². The zero-order valence-corrected chi connectivity index (χ0v) is 10.5. The lowest BCUT2D eigenvalue weighted by molar-refractivity contribution is -0.140. The minimum atomic E-state index is -3.65. The molecule has 1 rings (SSSR count). The third-order valence-electron chi connectivity index (χ3n) is 2.13. The van der Waals surface area contributed by atoms with Crippen molar-refractivity contribution in [2.75, 3.05) is 0 Å². The molecule has 1 aromatic carbocycles. The van der Waals surface area contributed by atoms with Crippen LogP contribution in [-0.2, 0) is 19.4 Å². The van der Waals surface area contributed by atoms with E-state index in [1.54, 1.807) is 18.2 Å². The topological polar surface area (TPSA) is 60.4 Å². The van der Waals surface area contributed by atoms with Crippen LogP contribution < -0.4 is 0 Å². The van der Waals surface area contributed by atoms with Crippen LogP contribution in [0.1, 0.15) is 13.8 Å². The van der Waals surface area contributed by atoms with Gasteiger partial charge in [-0.05, 0) is 26.0 Å². The molecule has 5 heteroatoms. The van der Waals surface area contributed by atoms with Gasteiger partial charge in [-0.2, -0.15) is 0 Å². The fraction of sp³-hybridized carbons (Fsp3) is 0.250. The molecule has 0 aliphatic rings. The molecule has 92 valence electrons. The van der Waals surface area contributed by atoms with Gasteiger partial charge in [-0.3, -0.25) is 0 Å². The van der Waals surface area contributed by atoms with E-state index < -0.39 is 21.2 Å². The van der Waals surface area contributed by atoms with Crippen LogP contribution in [0.3, 0.4) is 0 Å². The van der Waals surface area contributed by atoms with Gasteiger partial charge in [0.05, 0.1) is 4.90 Å². The van der Waals surface area contributed by atoms with Gasteiger partial charge >= 0.3 is 5.97 Å². The molecule has 4 nitrogen and oxygen atoms in total. The monoisotopic (exact) mass is 254 g/mol. The molecule has 0 fully saturated rings. The molecular weight excluding hydrogens is 240 g/mol. The first-order chi connectivity index (χ1) is 7.85. The lowest BCUT2D eigenvalue weighted by atomic mass is 10.4. The first-order valence-corrected chi connectivity index (χ1v) is 6.56. The van der Waals surface area contributed by atoms with Crippen molar-refractivity contribution in [1.82, 2.24) is 0 Å². The molecule has 0 heterocycles. The van der Waals surface area contributed by atoms with Crippen LogP contribution in [0.5, 0.6) is 0 Å². The fourth-order valence-corrected chi connectivity index (χ4v) is 2.25. The summed E-state index contributed by atoms with van der Waals surface area (Å²) >= 11 is 0. The van der Waals surface area contributed by atoms with Crippen molar-refractivity contribution in [3.05, 3.63) is 42.5 Å². The molecule has 0 aromatic heterocycles.